The van der Waals surface area contributed by atoms with Crippen LogP contribution in [-0.2, 0) is 0 Å². The van der Waals surface area contributed by atoms with Crippen molar-refractivity contribution in [2.45, 2.75) is 19.4 Å². The Labute approximate surface area is 148 Å². The van der Waals surface area contributed by atoms with E-state index in [-0.39, 0.29) is 6.04 Å². The van der Waals surface area contributed by atoms with E-state index in [4.69, 9.17) is 34.8 Å². The molecular weight excluding hydrogens is 392 g/mol. The first kappa shape index (κ1) is 17.1. The van der Waals surface area contributed by atoms with Crippen LogP contribution in [0.15, 0.2) is 40.9 Å². The summed E-state index contributed by atoms with van der Waals surface area (Å²) < 4.78 is 0.975. The summed E-state index contributed by atoms with van der Waals surface area (Å²) in [6.45, 7) is 2.97. The lowest BCUT2D eigenvalue weighted by Crippen LogP contribution is -2.24. The van der Waals surface area contributed by atoms with Crippen LogP contribution in [0.25, 0.3) is 0 Å². The molecular formula is C16H15BrCl3N. The second-order valence-electron chi connectivity index (χ2n) is 4.70. The van der Waals surface area contributed by atoms with Crippen molar-refractivity contribution in [3.8, 4) is 0 Å². The summed E-state index contributed by atoms with van der Waals surface area (Å²) in [5, 5.41) is 5.29. The van der Waals surface area contributed by atoms with Crippen molar-refractivity contribution in [3.63, 3.8) is 0 Å². The molecule has 2 rings (SSSR count). The third-order valence-electron chi connectivity index (χ3n) is 3.16. The van der Waals surface area contributed by atoms with E-state index in [1.165, 1.54) is 0 Å². The number of hydrogen-bond acceptors (Lipinski definition) is 1. The van der Waals surface area contributed by atoms with E-state index < -0.39 is 0 Å². The molecule has 0 aromatic heterocycles. The quantitative estimate of drug-likeness (QED) is 0.597. The Morgan fingerprint density at radius 1 is 1.05 bits per heavy atom. The minimum atomic E-state index is -0.0962. The average molecular weight is 408 g/mol. The molecule has 21 heavy (non-hydrogen) atoms. The summed E-state index contributed by atoms with van der Waals surface area (Å²) in [6.07, 6.45) is 1.01. The molecule has 5 heteroatoms. The highest BCUT2D eigenvalue weighted by Crippen LogP contribution is 2.36. The molecule has 0 spiro atoms. The fourth-order valence-corrected chi connectivity index (χ4v) is 3.18. The molecule has 0 aliphatic rings. The second-order valence-corrected chi connectivity index (χ2v) is 6.80. The molecule has 0 amide bonds. The highest BCUT2D eigenvalue weighted by Gasteiger charge is 2.20. The minimum absolute atomic E-state index is 0.0962. The fraction of sp³-hybridized carbons (Fsp3) is 0.250. The molecule has 0 fully saturated rings. The van der Waals surface area contributed by atoms with Gasteiger partial charge in [0.15, 0.2) is 0 Å². The molecule has 1 atom stereocenters. The second kappa shape index (κ2) is 7.85. The molecule has 0 saturated heterocycles. The molecule has 112 valence electrons. The van der Waals surface area contributed by atoms with Crippen LogP contribution in [0.2, 0.25) is 15.1 Å². The van der Waals surface area contributed by atoms with Gasteiger partial charge < -0.3 is 5.32 Å². The number of hydrogen-bond donors (Lipinski definition) is 1. The van der Waals surface area contributed by atoms with Crippen molar-refractivity contribution < 1.29 is 0 Å². The van der Waals surface area contributed by atoms with Crippen molar-refractivity contribution in [1.29, 1.82) is 0 Å². The summed E-state index contributed by atoms with van der Waals surface area (Å²) >= 11 is 22.4. The zero-order valence-corrected chi connectivity index (χ0v) is 15.3. The van der Waals surface area contributed by atoms with Crippen molar-refractivity contribution in [2.75, 3.05) is 6.54 Å². The maximum Gasteiger partial charge on any atom is 0.0643 e. The molecule has 1 N–H and O–H groups in total. The monoisotopic (exact) mass is 405 g/mol. The van der Waals surface area contributed by atoms with E-state index in [0.717, 1.165) is 28.6 Å². The Bertz CT molecular complexity index is 629. The average Bonchev–Trinajstić information content (AvgIpc) is 2.47. The van der Waals surface area contributed by atoms with Crippen LogP contribution in [0.5, 0.6) is 0 Å². The predicted octanol–water partition coefficient (Wildman–Crippen LogP) is 6.50. The standard InChI is InChI=1S/C16H15BrCl3N/c1-2-8-21-16(11-4-3-5-14(19)15(11)20)12-9-10(17)6-7-13(12)18/h3-7,9,16,21H,2,8H2,1H3. The van der Waals surface area contributed by atoms with E-state index in [9.17, 15) is 0 Å². The molecule has 2 aromatic rings. The van der Waals surface area contributed by atoms with E-state index in [2.05, 4.69) is 28.2 Å². The largest absolute Gasteiger partial charge is 0.306 e. The maximum atomic E-state index is 6.38. The highest BCUT2D eigenvalue weighted by molar-refractivity contribution is 9.10. The zero-order valence-electron chi connectivity index (χ0n) is 11.5. The summed E-state index contributed by atoms with van der Waals surface area (Å²) in [5.41, 5.74) is 1.90. The van der Waals surface area contributed by atoms with Crippen LogP contribution in [0.1, 0.15) is 30.5 Å². The first-order chi connectivity index (χ1) is 10.0. The molecule has 1 nitrogen and oxygen atoms in total. The van der Waals surface area contributed by atoms with Gasteiger partial charge in [-0.25, -0.2) is 0 Å². The van der Waals surface area contributed by atoms with E-state index in [1.807, 2.05) is 30.3 Å². The van der Waals surface area contributed by atoms with Gasteiger partial charge >= 0.3 is 0 Å². The zero-order chi connectivity index (χ0) is 15.4. The molecule has 0 saturated carbocycles. The lowest BCUT2D eigenvalue weighted by atomic mass is 9.98. The van der Waals surface area contributed by atoms with Gasteiger partial charge in [-0.2, -0.15) is 0 Å². The van der Waals surface area contributed by atoms with Crippen LogP contribution in [0, 0.1) is 0 Å². The first-order valence-electron chi connectivity index (χ1n) is 6.66. The Morgan fingerprint density at radius 2 is 1.81 bits per heavy atom. The number of nitrogens with one attached hydrogen (secondary N) is 1. The van der Waals surface area contributed by atoms with Gasteiger partial charge in [0.1, 0.15) is 0 Å². The Hall–Kier alpha value is -0.250. The van der Waals surface area contributed by atoms with E-state index >= 15 is 0 Å². The summed E-state index contributed by atoms with van der Waals surface area (Å²) in [6, 6.07) is 11.4. The molecule has 0 bridgehead atoms. The molecule has 1 unspecified atom stereocenters. The number of halogens is 4. The van der Waals surface area contributed by atoms with Crippen LogP contribution in [0.3, 0.4) is 0 Å². The smallest absolute Gasteiger partial charge is 0.0643 e. The predicted molar refractivity (Wildman–Crippen MR) is 95.8 cm³/mol. The van der Waals surface area contributed by atoms with Gasteiger partial charge in [0.05, 0.1) is 16.1 Å². The first-order valence-corrected chi connectivity index (χ1v) is 8.59. The lowest BCUT2D eigenvalue weighted by Gasteiger charge is -2.22. The Kier molecular flexibility index (Phi) is 6.39. The lowest BCUT2D eigenvalue weighted by molar-refractivity contribution is 0.598. The van der Waals surface area contributed by atoms with Gasteiger partial charge in [-0.15, -0.1) is 0 Å². The van der Waals surface area contributed by atoms with E-state index in [1.54, 1.807) is 6.07 Å². The maximum absolute atomic E-state index is 6.38. The van der Waals surface area contributed by atoms with Crippen LogP contribution >= 0.6 is 50.7 Å². The third-order valence-corrected chi connectivity index (χ3v) is 4.83. The van der Waals surface area contributed by atoms with Crippen molar-refractivity contribution in [3.05, 3.63) is 67.1 Å². The third kappa shape index (κ3) is 4.14. The van der Waals surface area contributed by atoms with Gasteiger partial charge in [0.2, 0.25) is 0 Å². The molecule has 0 radical (unpaired) electrons. The van der Waals surface area contributed by atoms with Crippen LogP contribution in [-0.4, -0.2) is 6.54 Å². The summed E-state index contributed by atoms with van der Waals surface area (Å²) in [5.74, 6) is 0. The molecule has 2 aromatic carbocycles. The molecule has 0 aliphatic carbocycles. The number of benzene rings is 2. The number of rotatable bonds is 5. The van der Waals surface area contributed by atoms with Gasteiger partial charge in [-0.1, -0.05) is 69.8 Å². The topological polar surface area (TPSA) is 12.0 Å². The van der Waals surface area contributed by atoms with Crippen LogP contribution in [0.4, 0.5) is 0 Å². The SMILES string of the molecule is CCCNC(c1cc(Br)ccc1Cl)c1cccc(Cl)c1Cl. The fourth-order valence-electron chi connectivity index (χ4n) is 2.16. The van der Waals surface area contributed by atoms with Crippen molar-refractivity contribution in [2.24, 2.45) is 0 Å². The van der Waals surface area contributed by atoms with E-state index in [0.29, 0.717) is 15.1 Å². The van der Waals surface area contributed by atoms with Gasteiger partial charge in [0, 0.05) is 9.50 Å². The summed E-state index contributed by atoms with van der Waals surface area (Å²) in [7, 11) is 0. The van der Waals surface area contributed by atoms with Crippen molar-refractivity contribution in [1.82, 2.24) is 5.32 Å². The Balaban J connectivity index is 2.52. The van der Waals surface area contributed by atoms with Gasteiger partial charge in [0.25, 0.3) is 0 Å². The minimum Gasteiger partial charge on any atom is -0.306 e. The van der Waals surface area contributed by atoms with Crippen molar-refractivity contribution >= 4 is 50.7 Å². The normalized spacial score (nSPS) is 12.4. The molecule has 0 heterocycles. The van der Waals surface area contributed by atoms with Gasteiger partial charge in [-0.3, -0.25) is 0 Å². The Morgan fingerprint density at radius 3 is 2.52 bits per heavy atom. The highest BCUT2D eigenvalue weighted by atomic mass is 79.9. The van der Waals surface area contributed by atoms with Crippen LogP contribution < -0.4 is 5.32 Å². The van der Waals surface area contributed by atoms with Gasteiger partial charge in [-0.05, 0) is 48.4 Å². The molecule has 0 aliphatic heterocycles. The summed E-state index contributed by atoms with van der Waals surface area (Å²) in [4.78, 5) is 0.